The van der Waals surface area contributed by atoms with E-state index >= 15 is 0 Å². The number of hydrogen-bond donors (Lipinski definition) is 1. The molecule has 0 fully saturated rings. The van der Waals surface area contributed by atoms with Crippen molar-refractivity contribution in [3.05, 3.63) is 64.7 Å². The van der Waals surface area contributed by atoms with Crippen LogP contribution in [0.3, 0.4) is 0 Å². The average Bonchev–Trinajstić information content (AvgIpc) is 2.61. The fourth-order valence-electron chi connectivity index (χ4n) is 2.21. The molecule has 0 unspecified atom stereocenters. The Labute approximate surface area is 140 Å². The van der Waals surface area contributed by atoms with Crippen LogP contribution in [0.2, 0.25) is 0 Å². The summed E-state index contributed by atoms with van der Waals surface area (Å²) in [5.74, 6) is -1.23. The molecule has 0 aliphatic rings. The summed E-state index contributed by atoms with van der Waals surface area (Å²) >= 11 is 0. The van der Waals surface area contributed by atoms with E-state index in [4.69, 9.17) is 19.9 Å². The molecule has 0 saturated heterocycles. The number of nitrogens with two attached hydrogens (primary N) is 1. The zero-order chi connectivity index (χ0) is 17.5. The second-order valence-corrected chi connectivity index (χ2v) is 5.09. The van der Waals surface area contributed by atoms with Gasteiger partial charge >= 0.3 is 11.9 Å². The highest BCUT2D eigenvalue weighted by atomic mass is 16.5. The lowest BCUT2D eigenvalue weighted by Crippen LogP contribution is -2.14. The zero-order valence-electron chi connectivity index (χ0n) is 13.6. The van der Waals surface area contributed by atoms with Gasteiger partial charge in [0.15, 0.2) is 0 Å². The summed E-state index contributed by atoms with van der Waals surface area (Å²) in [6.07, 6.45) is 0. The number of anilines is 1. The minimum atomic E-state index is -0.623. The van der Waals surface area contributed by atoms with Gasteiger partial charge in [0.1, 0.15) is 6.61 Å². The smallest absolute Gasteiger partial charge is 0.340 e. The van der Waals surface area contributed by atoms with Crippen molar-refractivity contribution in [2.45, 2.75) is 13.2 Å². The van der Waals surface area contributed by atoms with Gasteiger partial charge in [-0.05, 0) is 23.3 Å². The van der Waals surface area contributed by atoms with Gasteiger partial charge in [-0.15, -0.1) is 0 Å². The van der Waals surface area contributed by atoms with Gasteiger partial charge in [0.2, 0.25) is 0 Å². The van der Waals surface area contributed by atoms with Gasteiger partial charge in [-0.3, -0.25) is 0 Å². The largest absolute Gasteiger partial charge is 0.465 e. The van der Waals surface area contributed by atoms with Crippen LogP contribution in [0.25, 0.3) is 0 Å². The van der Waals surface area contributed by atoms with E-state index in [1.807, 2.05) is 30.3 Å². The summed E-state index contributed by atoms with van der Waals surface area (Å²) in [5, 5.41) is 0. The summed E-state index contributed by atoms with van der Waals surface area (Å²) in [5.41, 5.74) is 7.68. The number of nitrogen functional groups attached to an aromatic ring is 1. The van der Waals surface area contributed by atoms with E-state index in [2.05, 4.69) is 0 Å². The third-order valence-electron chi connectivity index (χ3n) is 3.39. The van der Waals surface area contributed by atoms with Crippen LogP contribution in [0.1, 0.15) is 31.8 Å². The van der Waals surface area contributed by atoms with Crippen molar-refractivity contribution >= 4 is 17.6 Å². The predicted molar refractivity (Wildman–Crippen MR) is 88.5 cm³/mol. The Hall–Kier alpha value is -2.86. The number of methoxy groups -OCH3 is 2. The Balaban J connectivity index is 2.28. The van der Waals surface area contributed by atoms with Gasteiger partial charge < -0.3 is 19.9 Å². The maximum Gasteiger partial charge on any atom is 0.340 e. The first-order valence-corrected chi connectivity index (χ1v) is 7.27. The molecule has 0 radical (unpaired) electrons. The SMILES string of the molecule is COCc1cc(C(=O)OC)c(N)c(C(=O)OCc2ccccc2)c1. The molecule has 24 heavy (non-hydrogen) atoms. The number of ether oxygens (including phenoxy) is 3. The summed E-state index contributed by atoms with van der Waals surface area (Å²) in [6, 6.07) is 12.4. The van der Waals surface area contributed by atoms with Crippen molar-refractivity contribution in [1.82, 2.24) is 0 Å². The molecule has 6 nitrogen and oxygen atoms in total. The topological polar surface area (TPSA) is 87.9 Å². The second kappa shape index (κ2) is 8.12. The molecule has 6 heteroatoms. The van der Waals surface area contributed by atoms with Crippen LogP contribution >= 0.6 is 0 Å². The highest BCUT2D eigenvalue weighted by Gasteiger charge is 2.20. The molecule has 0 saturated carbocycles. The summed E-state index contributed by atoms with van der Waals surface area (Å²) < 4.78 is 15.0. The van der Waals surface area contributed by atoms with Crippen LogP contribution < -0.4 is 5.73 Å². The van der Waals surface area contributed by atoms with E-state index in [1.165, 1.54) is 14.2 Å². The van der Waals surface area contributed by atoms with Crippen LogP contribution in [-0.2, 0) is 27.4 Å². The van der Waals surface area contributed by atoms with Crippen molar-refractivity contribution in [3.8, 4) is 0 Å². The molecule has 0 spiro atoms. The molecule has 0 aliphatic heterocycles. The Morgan fingerprint density at radius 2 is 1.54 bits per heavy atom. The molecule has 126 valence electrons. The van der Waals surface area contributed by atoms with E-state index in [0.29, 0.717) is 5.56 Å². The molecule has 2 rings (SSSR count). The monoisotopic (exact) mass is 329 g/mol. The first-order valence-electron chi connectivity index (χ1n) is 7.27. The van der Waals surface area contributed by atoms with Gasteiger partial charge in [-0.2, -0.15) is 0 Å². The first kappa shape index (κ1) is 17.5. The fourth-order valence-corrected chi connectivity index (χ4v) is 2.21. The quantitative estimate of drug-likeness (QED) is 0.647. The Bertz CT molecular complexity index is 728. The molecular formula is C18H19NO5. The van der Waals surface area contributed by atoms with Gasteiger partial charge in [0.05, 0.1) is 30.5 Å². The van der Waals surface area contributed by atoms with Gasteiger partial charge in [-0.1, -0.05) is 30.3 Å². The van der Waals surface area contributed by atoms with Crippen molar-refractivity contribution in [2.24, 2.45) is 0 Å². The lowest BCUT2D eigenvalue weighted by atomic mass is 10.0. The maximum absolute atomic E-state index is 12.4. The van der Waals surface area contributed by atoms with Gasteiger partial charge in [0, 0.05) is 7.11 Å². The predicted octanol–water partition coefficient (Wildman–Crippen LogP) is 2.56. The molecule has 0 bridgehead atoms. The third kappa shape index (κ3) is 4.11. The minimum absolute atomic E-state index is 0.0276. The van der Waals surface area contributed by atoms with Crippen molar-refractivity contribution in [2.75, 3.05) is 20.0 Å². The summed E-state index contributed by atoms with van der Waals surface area (Å²) in [6.45, 7) is 0.338. The molecule has 2 aromatic rings. The average molecular weight is 329 g/mol. The number of hydrogen-bond acceptors (Lipinski definition) is 6. The van der Waals surface area contributed by atoms with Crippen molar-refractivity contribution in [3.63, 3.8) is 0 Å². The molecule has 0 aliphatic carbocycles. The molecular weight excluding hydrogens is 310 g/mol. The number of esters is 2. The van der Waals surface area contributed by atoms with Crippen molar-refractivity contribution in [1.29, 1.82) is 0 Å². The number of benzene rings is 2. The molecule has 0 atom stereocenters. The first-order chi connectivity index (χ1) is 11.6. The van der Waals surface area contributed by atoms with Crippen LogP contribution in [0.4, 0.5) is 5.69 Å². The Kier molecular flexibility index (Phi) is 5.92. The summed E-state index contributed by atoms with van der Waals surface area (Å²) in [4.78, 5) is 24.2. The molecule has 2 N–H and O–H groups in total. The van der Waals surface area contributed by atoms with Crippen LogP contribution in [0, 0.1) is 0 Å². The molecule has 0 heterocycles. The van der Waals surface area contributed by atoms with Crippen LogP contribution in [0.15, 0.2) is 42.5 Å². The third-order valence-corrected chi connectivity index (χ3v) is 3.39. The van der Waals surface area contributed by atoms with Gasteiger partial charge in [-0.25, -0.2) is 9.59 Å². The Morgan fingerprint density at radius 3 is 2.12 bits per heavy atom. The van der Waals surface area contributed by atoms with Crippen molar-refractivity contribution < 1.29 is 23.8 Å². The molecule has 0 amide bonds. The summed E-state index contributed by atoms with van der Waals surface area (Å²) in [7, 11) is 2.76. The number of rotatable bonds is 6. The van der Waals surface area contributed by atoms with Crippen LogP contribution in [0.5, 0.6) is 0 Å². The lowest BCUT2D eigenvalue weighted by molar-refractivity contribution is 0.0473. The Morgan fingerprint density at radius 1 is 0.917 bits per heavy atom. The van der Waals surface area contributed by atoms with Crippen LogP contribution in [-0.4, -0.2) is 26.2 Å². The highest BCUT2D eigenvalue weighted by molar-refractivity contribution is 6.04. The highest BCUT2D eigenvalue weighted by Crippen LogP contribution is 2.23. The van der Waals surface area contributed by atoms with E-state index in [1.54, 1.807) is 12.1 Å². The standard InChI is InChI=1S/C18H19NO5/c1-22-10-13-8-14(17(20)23-2)16(19)15(9-13)18(21)24-11-12-6-4-3-5-7-12/h3-9H,10-11,19H2,1-2H3. The maximum atomic E-state index is 12.4. The number of carbonyl (C=O) groups is 2. The lowest BCUT2D eigenvalue weighted by Gasteiger charge is -2.12. The van der Waals surface area contributed by atoms with E-state index < -0.39 is 11.9 Å². The molecule has 2 aromatic carbocycles. The number of carbonyl (C=O) groups excluding carboxylic acids is 2. The molecule has 0 aromatic heterocycles. The van der Waals surface area contributed by atoms with E-state index in [9.17, 15) is 9.59 Å². The normalized spacial score (nSPS) is 10.2. The zero-order valence-corrected chi connectivity index (χ0v) is 13.6. The van der Waals surface area contributed by atoms with E-state index in [-0.39, 0.29) is 30.0 Å². The second-order valence-electron chi connectivity index (χ2n) is 5.09. The van der Waals surface area contributed by atoms with E-state index in [0.717, 1.165) is 5.56 Å². The minimum Gasteiger partial charge on any atom is -0.465 e. The fraction of sp³-hybridized carbons (Fsp3) is 0.222. The van der Waals surface area contributed by atoms with Gasteiger partial charge in [0.25, 0.3) is 0 Å².